The Morgan fingerprint density at radius 2 is 1.44 bits per heavy atom. The maximum Gasteiger partial charge on any atom is 0.421 e. The van der Waals surface area contributed by atoms with Crippen molar-refractivity contribution < 1.29 is 31.4 Å². The van der Waals surface area contributed by atoms with Crippen molar-refractivity contribution in [3.05, 3.63) is 23.3 Å². The Bertz CT molecular complexity index is 385. The van der Waals surface area contributed by atoms with Gasteiger partial charge in [0.25, 0.3) is 0 Å². The van der Waals surface area contributed by atoms with Crippen molar-refractivity contribution in [3.8, 4) is 5.75 Å². The molecule has 0 aromatic heterocycles. The van der Waals surface area contributed by atoms with Crippen molar-refractivity contribution in [3.63, 3.8) is 0 Å². The number of rotatable bonds is 0. The molecule has 90 valence electrons. The molecule has 16 heavy (non-hydrogen) atoms. The van der Waals surface area contributed by atoms with Gasteiger partial charge in [0.2, 0.25) is 0 Å². The molecule has 0 amide bonds. The van der Waals surface area contributed by atoms with Gasteiger partial charge in [0, 0.05) is 4.90 Å². The molecule has 0 aliphatic carbocycles. The van der Waals surface area contributed by atoms with E-state index in [4.69, 9.17) is 5.11 Å². The Balaban J connectivity index is 3.41. The number of phenolic OH excluding ortho intramolecular Hbond substituents is 1. The van der Waals surface area contributed by atoms with Gasteiger partial charge < -0.3 is 5.11 Å². The zero-order valence-corrected chi connectivity index (χ0v) is 8.21. The summed E-state index contributed by atoms with van der Waals surface area (Å²) in [4.78, 5) is -0.972. The van der Waals surface area contributed by atoms with Crippen LogP contribution in [0.25, 0.3) is 0 Å². The first-order valence-corrected chi connectivity index (χ1v) is 4.18. The van der Waals surface area contributed by atoms with Crippen LogP contribution in [-0.2, 0) is 12.4 Å². The first kappa shape index (κ1) is 13.0. The zero-order valence-electron chi connectivity index (χ0n) is 7.32. The summed E-state index contributed by atoms with van der Waals surface area (Å²) in [6.07, 6.45) is -9.79. The molecule has 8 heteroatoms. The predicted molar refractivity (Wildman–Crippen MR) is 45.4 cm³/mol. The van der Waals surface area contributed by atoms with E-state index in [-0.39, 0.29) is 12.1 Å². The molecule has 0 spiro atoms. The minimum absolute atomic E-state index is 0.0164. The summed E-state index contributed by atoms with van der Waals surface area (Å²) in [7, 11) is 0. The van der Waals surface area contributed by atoms with E-state index in [9.17, 15) is 26.3 Å². The number of alkyl halides is 6. The third kappa shape index (κ3) is 2.55. The van der Waals surface area contributed by atoms with Crippen LogP contribution in [0.2, 0.25) is 0 Å². The molecular formula is C8H4F6OS. The molecule has 0 atom stereocenters. The van der Waals surface area contributed by atoms with Crippen LogP contribution in [0.1, 0.15) is 11.1 Å². The summed E-state index contributed by atoms with van der Waals surface area (Å²) >= 11 is 3.28. The predicted octanol–water partition coefficient (Wildman–Crippen LogP) is 3.72. The quantitative estimate of drug-likeness (QED) is 0.539. The van der Waals surface area contributed by atoms with Crippen molar-refractivity contribution in [1.29, 1.82) is 0 Å². The van der Waals surface area contributed by atoms with E-state index < -0.39 is 34.1 Å². The Hall–Kier alpha value is -1.05. The van der Waals surface area contributed by atoms with Crippen LogP contribution in [0, 0.1) is 0 Å². The van der Waals surface area contributed by atoms with Gasteiger partial charge in [-0.05, 0) is 12.1 Å². The second-order valence-electron chi connectivity index (χ2n) is 2.89. The van der Waals surface area contributed by atoms with Crippen LogP contribution in [-0.4, -0.2) is 5.11 Å². The highest BCUT2D eigenvalue weighted by molar-refractivity contribution is 7.80. The Labute approximate surface area is 91.1 Å². The van der Waals surface area contributed by atoms with E-state index in [1.54, 1.807) is 0 Å². The fourth-order valence-corrected chi connectivity index (χ4v) is 1.45. The van der Waals surface area contributed by atoms with Gasteiger partial charge in [-0.25, -0.2) is 0 Å². The smallest absolute Gasteiger partial charge is 0.421 e. The van der Waals surface area contributed by atoms with Gasteiger partial charge in [0.1, 0.15) is 11.3 Å². The SMILES string of the molecule is Oc1cc(C(F)(F)F)cc(S)c1C(F)(F)F. The van der Waals surface area contributed by atoms with Crippen molar-refractivity contribution in [2.24, 2.45) is 0 Å². The van der Waals surface area contributed by atoms with Gasteiger partial charge in [-0.2, -0.15) is 26.3 Å². The number of phenols is 1. The normalized spacial score (nSPS) is 12.9. The van der Waals surface area contributed by atoms with Gasteiger partial charge in [-0.3, -0.25) is 0 Å². The fourth-order valence-electron chi connectivity index (χ4n) is 1.07. The molecule has 0 aliphatic rings. The van der Waals surface area contributed by atoms with E-state index in [0.717, 1.165) is 0 Å². The summed E-state index contributed by atoms with van der Waals surface area (Å²) in [5.41, 5.74) is -2.97. The first-order chi connectivity index (χ1) is 7.03. The van der Waals surface area contributed by atoms with E-state index in [1.807, 2.05) is 0 Å². The zero-order chi connectivity index (χ0) is 12.7. The summed E-state index contributed by atoms with van der Waals surface area (Å²) in [6.45, 7) is 0. The van der Waals surface area contributed by atoms with Crippen molar-refractivity contribution in [1.82, 2.24) is 0 Å². The number of benzene rings is 1. The van der Waals surface area contributed by atoms with E-state index in [2.05, 4.69) is 12.6 Å². The Morgan fingerprint density at radius 1 is 0.938 bits per heavy atom. The lowest BCUT2D eigenvalue weighted by Gasteiger charge is -2.14. The van der Waals surface area contributed by atoms with Crippen LogP contribution in [0.15, 0.2) is 17.0 Å². The molecule has 1 rings (SSSR count). The molecule has 1 aromatic rings. The molecule has 0 radical (unpaired) electrons. The first-order valence-electron chi connectivity index (χ1n) is 3.74. The molecule has 0 fully saturated rings. The van der Waals surface area contributed by atoms with Gasteiger partial charge in [0.05, 0.1) is 5.56 Å². The minimum Gasteiger partial charge on any atom is -0.507 e. The molecule has 0 saturated carbocycles. The van der Waals surface area contributed by atoms with Gasteiger partial charge in [-0.15, -0.1) is 12.6 Å². The lowest BCUT2D eigenvalue weighted by Crippen LogP contribution is -2.10. The average Bonchev–Trinajstić information content (AvgIpc) is 1.97. The largest absolute Gasteiger partial charge is 0.507 e. The third-order valence-electron chi connectivity index (χ3n) is 1.71. The molecule has 1 aromatic carbocycles. The minimum atomic E-state index is -4.95. The topological polar surface area (TPSA) is 20.2 Å². The highest BCUT2D eigenvalue weighted by Crippen LogP contribution is 2.43. The summed E-state index contributed by atoms with van der Waals surface area (Å²) in [5, 5.41) is 8.90. The summed E-state index contributed by atoms with van der Waals surface area (Å²) < 4.78 is 73.2. The van der Waals surface area contributed by atoms with Gasteiger partial charge in [0.15, 0.2) is 0 Å². The number of thiol groups is 1. The molecule has 0 heterocycles. The van der Waals surface area contributed by atoms with Crippen LogP contribution in [0.3, 0.4) is 0 Å². The molecule has 0 unspecified atom stereocenters. The Kier molecular flexibility index (Phi) is 3.06. The van der Waals surface area contributed by atoms with Crippen LogP contribution >= 0.6 is 12.6 Å². The lowest BCUT2D eigenvalue weighted by atomic mass is 10.1. The number of hydrogen-bond acceptors (Lipinski definition) is 2. The third-order valence-corrected chi connectivity index (χ3v) is 2.06. The van der Waals surface area contributed by atoms with Crippen molar-refractivity contribution in [2.75, 3.05) is 0 Å². The summed E-state index contributed by atoms with van der Waals surface area (Å²) in [5.74, 6) is -1.49. The second-order valence-corrected chi connectivity index (χ2v) is 3.37. The van der Waals surface area contributed by atoms with Gasteiger partial charge in [-0.1, -0.05) is 0 Å². The number of aromatic hydroxyl groups is 1. The maximum absolute atomic E-state index is 12.2. The van der Waals surface area contributed by atoms with E-state index in [1.165, 1.54) is 0 Å². The molecule has 1 N–H and O–H groups in total. The number of halogens is 6. The molecule has 0 bridgehead atoms. The summed E-state index contributed by atoms with van der Waals surface area (Å²) in [6, 6.07) is 0.230. The standard InChI is InChI=1S/C8H4F6OS/c9-7(10,11)3-1-4(15)6(5(16)2-3)8(12,13)14/h1-2,15-16H. The lowest BCUT2D eigenvalue weighted by molar-refractivity contribution is -0.144. The van der Waals surface area contributed by atoms with Crippen LogP contribution in [0.4, 0.5) is 26.3 Å². The molecular weight excluding hydrogens is 258 g/mol. The van der Waals surface area contributed by atoms with E-state index in [0.29, 0.717) is 0 Å². The molecule has 0 aliphatic heterocycles. The number of hydrogen-bond donors (Lipinski definition) is 2. The van der Waals surface area contributed by atoms with Crippen molar-refractivity contribution in [2.45, 2.75) is 17.2 Å². The Morgan fingerprint density at radius 3 is 1.75 bits per heavy atom. The van der Waals surface area contributed by atoms with Crippen LogP contribution < -0.4 is 0 Å². The highest BCUT2D eigenvalue weighted by atomic mass is 32.1. The fraction of sp³-hybridized carbons (Fsp3) is 0.250. The van der Waals surface area contributed by atoms with Crippen molar-refractivity contribution >= 4 is 12.6 Å². The average molecular weight is 262 g/mol. The van der Waals surface area contributed by atoms with E-state index >= 15 is 0 Å². The maximum atomic E-state index is 12.2. The second kappa shape index (κ2) is 3.76. The van der Waals surface area contributed by atoms with Crippen LogP contribution in [0.5, 0.6) is 5.75 Å². The molecule has 1 nitrogen and oxygen atoms in total. The molecule has 0 saturated heterocycles. The monoisotopic (exact) mass is 262 g/mol. The highest BCUT2D eigenvalue weighted by Gasteiger charge is 2.39. The van der Waals surface area contributed by atoms with Gasteiger partial charge >= 0.3 is 12.4 Å².